The first-order chi connectivity index (χ1) is 17.6. The molecular weight excluding hydrogens is 474 g/mol. The first-order valence-corrected chi connectivity index (χ1v) is 12.7. The minimum absolute atomic E-state index is 0.0372. The van der Waals surface area contributed by atoms with E-state index >= 15 is 0 Å². The van der Waals surface area contributed by atoms with Gasteiger partial charge in [0.25, 0.3) is 0 Å². The van der Waals surface area contributed by atoms with Gasteiger partial charge in [-0.2, -0.15) is 4.98 Å². The second-order valence-corrected chi connectivity index (χ2v) is 9.70. The summed E-state index contributed by atoms with van der Waals surface area (Å²) in [4.78, 5) is 6.93. The fourth-order valence-corrected chi connectivity index (χ4v) is 5.11. The molecule has 0 bridgehead atoms. The zero-order valence-corrected chi connectivity index (χ0v) is 21.0. The molecule has 1 fully saturated rings. The number of hydrogen-bond donors (Lipinski definition) is 1. The lowest BCUT2D eigenvalue weighted by Crippen LogP contribution is -2.46. The van der Waals surface area contributed by atoms with Crippen molar-refractivity contribution in [1.82, 2.24) is 15.0 Å². The van der Waals surface area contributed by atoms with Crippen molar-refractivity contribution in [3.05, 3.63) is 113 Å². The second kappa shape index (κ2) is 10.8. The van der Waals surface area contributed by atoms with Crippen molar-refractivity contribution in [2.75, 3.05) is 13.1 Å². The summed E-state index contributed by atoms with van der Waals surface area (Å²) in [7, 11) is 0. The van der Waals surface area contributed by atoms with Crippen LogP contribution in [0.3, 0.4) is 0 Å². The topological polar surface area (TPSA) is 71.6 Å². The summed E-state index contributed by atoms with van der Waals surface area (Å²) in [6, 6.07) is 26.4. The first kappa shape index (κ1) is 24.5. The van der Waals surface area contributed by atoms with Gasteiger partial charge in [-0.15, -0.1) is 0 Å². The first-order valence-electron chi connectivity index (χ1n) is 12.4. The molecule has 1 N–H and O–H groups in total. The molecule has 5 rings (SSSR count). The van der Waals surface area contributed by atoms with Gasteiger partial charge in [0.15, 0.2) is 5.60 Å². The molecular formula is C29H30ClN3O3. The Labute approximate surface area is 216 Å². The number of likely N-dealkylation sites (tertiary alicyclic amines) is 1. The summed E-state index contributed by atoms with van der Waals surface area (Å²) in [5.74, 6) is 1.93. The van der Waals surface area contributed by atoms with Gasteiger partial charge in [-0.3, -0.25) is 4.90 Å². The van der Waals surface area contributed by atoms with Crippen molar-refractivity contribution in [1.29, 1.82) is 0 Å². The smallest absolute Gasteiger partial charge is 0.240 e. The number of ether oxygens (including phenoxy) is 1. The van der Waals surface area contributed by atoms with Gasteiger partial charge in [0.05, 0.1) is 6.54 Å². The maximum absolute atomic E-state index is 11.9. The molecule has 36 heavy (non-hydrogen) atoms. The molecule has 2 unspecified atom stereocenters. The zero-order valence-electron chi connectivity index (χ0n) is 20.3. The van der Waals surface area contributed by atoms with Crippen molar-refractivity contribution in [2.45, 2.75) is 38.0 Å². The molecule has 7 heteroatoms. The minimum atomic E-state index is -1.52. The highest BCUT2D eigenvalue weighted by Gasteiger charge is 2.39. The third-order valence-corrected chi connectivity index (χ3v) is 7.16. The molecule has 1 aromatic heterocycles. The fraction of sp³-hybridized carbons (Fsp3) is 0.310. The van der Waals surface area contributed by atoms with Gasteiger partial charge in [0.2, 0.25) is 11.7 Å². The van der Waals surface area contributed by atoms with Crippen LogP contribution in [0.15, 0.2) is 89.5 Å². The van der Waals surface area contributed by atoms with E-state index in [1.165, 1.54) is 0 Å². The minimum Gasteiger partial charge on any atom is -0.489 e. The highest BCUT2D eigenvalue weighted by atomic mass is 35.5. The summed E-state index contributed by atoms with van der Waals surface area (Å²) < 4.78 is 12.0. The normalized spacial score (nSPS) is 18.8. The highest BCUT2D eigenvalue weighted by Crippen LogP contribution is 2.35. The van der Waals surface area contributed by atoms with Crippen LogP contribution in [0.5, 0.6) is 5.75 Å². The molecule has 0 radical (unpaired) electrons. The van der Waals surface area contributed by atoms with E-state index in [2.05, 4.69) is 22.0 Å². The van der Waals surface area contributed by atoms with Gasteiger partial charge in [0.1, 0.15) is 11.9 Å². The number of hydrogen-bond acceptors (Lipinski definition) is 6. The molecule has 0 spiro atoms. The van der Waals surface area contributed by atoms with Crippen LogP contribution in [0.2, 0.25) is 5.02 Å². The number of rotatable bonds is 8. The van der Waals surface area contributed by atoms with Crippen molar-refractivity contribution in [3.63, 3.8) is 0 Å². The summed E-state index contributed by atoms with van der Waals surface area (Å²) >= 11 is 6.16. The predicted octanol–water partition coefficient (Wildman–Crippen LogP) is 5.69. The summed E-state index contributed by atoms with van der Waals surface area (Å²) in [5, 5.41) is 16.8. The van der Waals surface area contributed by atoms with Gasteiger partial charge < -0.3 is 14.4 Å². The highest BCUT2D eigenvalue weighted by molar-refractivity contribution is 6.30. The van der Waals surface area contributed by atoms with E-state index < -0.39 is 5.60 Å². The number of aromatic nitrogens is 2. The zero-order chi connectivity index (χ0) is 25.0. The molecule has 0 aliphatic carbocycles. The Morgan fingerprint density at radius 1 is 1.03 bits per heavy atom. The molecule has 6 nitrogen and oxygen atoms in total. The maximum Gasteiger partial charge on any atom is 0.240 e. The summed E-state index contributed by atoms with van der Waals surface area (Å²) in [6.45, 7) is 4.34. The van der Waals surface area contributed by atoms with Crippen LogP contribution >= 0.6 is 11.6 Å². The lowest BCUT2D eigenvalue weighted by molar-refractivity contribution is 0.0300. The lowest BCUT2D eigenvalue weighted by atomic mass is 9.85. The van der Waals surface area contributed by atoms with E-state index in [1.807, 2.05) is 84.9 Å². The number of halogens is 1. The van der Waals surface area contributed by atoms with E-state index in [9.17, 15) is 5.11 Å². The predicted molar refractivity (Wildman–Crippen MR) is 139 cm³/mol. The number of aliphatic hydroxyl groups is 1. The van der Waals surface area contributed by atoms with E-state index in [0.717, 1.165) is 31.7 Å². The fourth-order valence-electron chi connectivity index (χ4n) is 4.93. The lowest BCUT2D eigenvalue weighted by Gasteiger charge is -2.37. The number of piperidine rings is 1. The Hall–Kier alpha value is -3.19. The van der Waals surface area contributed by atoms with E-state index in [-0.39, 0.29) is 11.9 Å². The molecule has 0 amide bonds. The van der Waals surface area contributed by atoms with Gasteiger partial charge in [-0.1, -0.05) is 90.4 Å². The van der Waals surface area contributed by atoms with E-state index in [1.54, 1.807) is 0 Å². The Kier molecular flexibility index (Phi) is 7.37. The Morgan fingerprint density at radius 3 is 2.36 bits per heavy atom. The molecule has 1 aliphatic rings. The third kappa shape index (κ3) is 5.16. The molecule has 3 aromatic carbocycles. The van der Waals surface area contributed by atoms with Crippen molar-refractivity contribution >= 4 is 11.6 Å². The SMILES string of the molecule is CCC1CCN(Cc2nc(C(O)(c3ccccc3)c3ccccc3)no2)CC1Oc1cccc(Cl)c1. The maximum atomic E-state index is 11.9. The quantitative estimate of drug-likeness (QED) is 0.333. The van der Waals surface area contributed by atoms with E-state index in [4.69, 9.17) is 20.9 Å². The summed E-state index contributed by atoms with van der Waals surface area (Å²) in [5.41, 5.74) is -0.151. The third-order valence-electron chi connectivity index (χ3n) is 6.92. The van der Waals surface area contributed by atoms with Gasteiger partial charge >= 0.3 is 0 Å². The van der Waals surface area contributed by atoms with Crippen LogP contribution in [0.25, 0.3) is 0 Å². The monoisotopic (exact) mass is 503 g/mol. The largest absolute Gasteiger partial charge is 0.489 e. The number of nitrogens with zero attached hydrogens (tertiary/aromatic N) is 3. The molecule has 1 saturated heterocycles. The van der Waals surface area contributed by atoms with E-state index in [0.29, 0.717) is 34.5 Å². The van der Waals surface area contributed by atoms with Crippen LogP contribution in [0.4, 0.5) is 0 Å². The molecule has 1 aliphatic heterocycles. The molecule has 2 heterocycles. The van der Waals surface area contributed by atoms with Gasteiger partial charge in [0, 0.05) is 11.6 Å². The summed E-state index contributed by atoms with van der Waals surface area (Å²) in [6.07, 6.45) is 2.10. The van der Waals surface area contributed by atoms with Crippen LogP contribution in [-0.4, -0.2) is 39.3 Å². The Morgan fingerprint density at radius 2 is 1.72 bits per heavy atom. The van der Waals surface area contributed by atoms with Gasteiger partial charge in [-0.05, 0) is 54.6 Å². The van der Waals surface area contributed by atoms with Crippen molar-refractivity contribution < 1.29 is 14.4 Å². The van der Waals surface area contributed by atoms with Crippen LogP contribution in [0, 0.1) is 5.92 Å². The van der Waals surface area contributed by atoms with Crippen LogP contribution < -0.4 is 4.74 Å². The number of benzene rings is 3. The van der Waals surface area contributed by atoms with Gasteiger partial charge in [-0.25, -0.2) is 0 Å². The standard InChI is InChI=1S/C29H30ClN3O3/c1-2-21-16-17-33(19-26(21)35-25-15-9-14-24(30)18-25)20-27-31-28(32-36-27)29(34,22-10-5-3-6-11-22)23-12-7-4-8-13-23/h3-15,18,21,26,34H,2,16-17,19-20H2,1H3. The van der Waals surface area contributed by atoms with Crippen LogP contribution in [0.1, 0.15) is 42.6 Å². The van der Waals surface area contributed by atoms with Crippen molar-refractivity contribution in [2.24, 2.45) is 5.92 Å². The molecule has 4 aromatic rings. The molecule has 2 atom stereocenters. The second-order valence-electron chi connectivity index (χ2n) is 9.26. The molecule has 186 valence electrons. The average Bonchev–Trinajstić information content (AvgIpc) is 3.38. The Balaban J connectivity index is 1.35. The molecule has 0 saturated carbocycles. The van der Waals surface area contributed by atoms with Crippen molar-refractivity contribution in [3.8, 4) is 5.75 Å². The Bertz CT molecular complexity index is 1230. The average molecular weight is 504 g/mol. The van der Waals surface area contributed by atoms with Crippen LogP contribution in [-0.2, 0) is 12.1 Å².